The Kier molecular flexibility index (Phi) is 4.47. The summed E-state index contributed by atoms with van der Waals surface area (Å²) in [6, 6.07) is 12.5. The molecule has 6 heteroatoms. The van der Waals surface area contributed by atoms with Crippen LogP contribution >= 0.6 is 0 Å². The normalized spacial score (nSPS) is 10.2. The van der Waals surface area contributed by atoms with Gasteiger partial charge in [-0.1, -0.05) is 6.07 Å². The molecule has 0 aliphatic carbocycles. The van der Waals surface area contributed by atoms with E-state index in [1.807, 2.05) is 0 Å². The summed E-state index contributed by atoms with van der Waals surface area (Å²) >= 11 is 0. The zero-order valence-electron chi connectivity index (χ0n) is 12.9. The number of aryl methyl sites for hydroxylation is 1. The minimum absolute atomic E-state index is 0.258. The molecule has 0 saturated carbocycles. The van der Waals surface area contributed by atoms with Gasteiger partial charge in [0, 0.05) is 29.7 Å². The fourth-order valence-electron chi connectivity index (χ4n) is 2.10. The number of amides is 1. The number of rotatable bonds is 4. The van der Waals surface area contributed by atoms with E-state index in [-0.39, 0.29) is 17.1 Å². The van der Waals surface area contributed by atoms with Gasteiger partial charge in [-0.25, -0.2) is 9.37 Å². The second kappa shape index (κ2) is 6.87. The Labute approximate surface area is 138 Å². The first-order valence-electron chi connectivity index (χ1n) is 7.24. The minimum Gasteiger partial charge on any atom is -0.456 e. The molecule has 2 heterocycles. The SMILES string of the molecule is Cc1cccc(C(=O)Nc2cc(F)cc(Oc3cccnc3)c2)n1. The van der Waals surface area contributed by atoms with Gasteiger partial charge in [0.25, 0.3) is 5.91 Å². The lowest BCUT2D eigenvalue weighted by Crippen LogP contribution is -2.14. The molecule has 0 aliphatic heterocycles. The molecule has 2 aromatic heterocycles. The number of nitrogens with one attached hydrogen (secondary N) is 1. The molecule has 3 aromatic rings. The first kappa shape index (κ1) is 15.6. The predicted octanol–water partition coefficient (Wildman–Crippen LogP) is 3.97. The number of benzene rings is 1. The zero-order valence-corrected chi connectivity index (χ0v) is 12.9. The molecule has 1 aromatic carbocycles. The van der Waals surface area contributed by atoms with Crippen LogP contribution < -0.4 is 10.1 Å². The van der Waals surface area contributed by atoms with Gasteiger partial charge in [0.15, 0.2) is 0 Å². The van der Waals surface area contributed by atoms with Gasteiger partial charge in [0.2, 0.25) is 0 Å². The van der Waals surface area contributed by atoms with E-state index in [1.54, 1.807) is 43.5 Å². The highest BCUT2D eigenvalue weighted by Gasteiger charge is 2.10. The van der Waals surface area contributed by atoms with E-state index in [4.69, 9.17) is 4.74 Å². The van der Waals surface area contributed by atoms with Crippen molar-refractivity contribution in [1.82, 2.24) is 9.97 Å². The average Bonchev–Trinajstić information content (AvgIpc) is 2.55. The third kappa shape index (κ3) is 3.92. The van der Waals surface area contributed by atoms with Gasteiger partial charge >= 0.3 is 0 Å². The van der Waals surface area contributed by atoms with Crippen LogP contribution in [0.5, 0.6) is 11.5 Å². The summed E-state index contributed by atoms with van der Waals surface area (Å²) < 4.78 is 19.3. The van der Waals surface area contributed by atoms with E-state index in [0.29, 0.717) is 5.75 Å². The van der Waals surface area contributed by atoms with Gasteiger partial charge < -0.3 is 10.1 Å². The van der Waals surface area contributed by atoms with Crippen LogP contribution in [0.3, 0.4) is 0 Å². The van der Waals surface area contributed by atoms with Crippen molar-refractivity contribution in [3.8, 4) is 11.5 Å². The molecule has 0 radical (unpaired) electrons. The van der Waals surface area contributed by atoms with Crippen LogP contribution in [0.25, 0.3) is 0 Å². The summed E-state index contributed by atoms with van der Waals surface area (Å²) in [6.45, 7) is 1.79. The minimum atomic E-state index is -0.524. The maximum Gasteiger partial charge on any atom is 0.274 e. The van der Waals surface area contributed by atoms with Crippen LogP contribution in [0.15, 0.2) is 60.9 Å². The Bertz CT molecular complexity index is 869. The van der Waals surface area contributed by atoms with Crippen LogP contribution in [-0.2, 0) is 0 Å². The molecule has 120 valence electrons. The Hall–Kier alpha value is -3.28. The summed E-state index contributed by atoms with van der Waals surface area (Å²) in [5.74, 6) is -0.211. The maximum atomic E-state index is 13.8. The Balaban J connectivity index is 1.80. The Morgan fingerprint density at radius 2 is 2.00 bits per heavy atom. The molecule has 0 unspecified atom stereocenters. The van der Waals surface area contributed by atoms with Crippen molar-refractivity contribution in [1.29, 1.82) is 0 Å². The van der Waals surface area contributed by atoms with Gasteiger partial charge in [0.1, 0.15) is 23.0 Å². The topological polar surface area (TPSA) is 64.1 Å². The van der Waals surface area contributed by atoms with Gasteiger partial charge in [-0.15, -0.1) is 0 Å². The van der Waals surface area contributed by atoms with Crippen molar-refractivity contribution in [2.45, 2.75) is 6.92 Å². The lowest BCUT2D eigenvalue weighted by atomic mass is 10.2. The van der Waals surface area contributed by atoms with Crippen molar-refractivity contribution < 1.29 is 13.9 Å². The average molecular weight is 323 g/mol. The molecule has 0 aliphatic rings. The molecule has 3 rings (SSSR count). The number of hydrogen-bond acceptors (Lipinski definition) is 4. The molecule has 1 N–H and O–H groups in total. The summed E-state index contributed by atoms with van der Waals surface area (Å²) in [6.07, 6.45) is 3.12. The highest BCUT2D eigenvalue weighted by Crippen LogP contribution is 2.25. The van der Waals surface area contributed by atoms with Crippen LogP contribution in [0, 0.1) is 12.7 Å². The summed E-state index contributed by atoms with van der Waals surface area (Å²) in [4.78, 5) is 20.3. The Morgan fingerprint density at radius 1 is 1.12 bits per heavy atom. The van der Waals surface area contributed by atoms with Crippen molar-refractivity contribution in [3.63, 3.8) is 0 Å². The first-order valence-corrected chi connectivity index (χ1v) is 7.24. The largest absolute Gasteiger partial charge is 0.456 e. The number of ether oxygens (including phenoxy) is 1. The molecule has 5 nitrogen and oxygen atoms in total. The van der Waals surface area contributed by atoms with Gasteiger partial charge in [-0.2, -0.15) is 0 Å². The summed E-state index contributed by atoms with van der Waals surface area (Å²) in [7, 11) is 0. The first-order chi connectivity index (χ1) is 11.6. The lowest BCUT2D eigenvalue weighted by molar-refractivity contribution is 0.102. The maximum absolute atomic E-state index is 13.8. The van der Waals surface area contributed by atoms with E-state index >= 15 is 0 Å². The standard InChI is InChI=1S/C18H14FN3O2/c1-12-4-2-6-17(21-12)18(23)22-14-8-13(19)9-16(10-14)24-15-5-3-7-20-11-15/h2-11H,1H3,(H,22,23). The number of anilines is 1. The van der Waals surface area contributed by atoms with Crippen LogP contribution in [-0.4, -0.2) is 15.9 Å². The number of pyridine rings is 2. The highest BCUT2D eigenvalue weighted by atomic mass is 19.1. The van der Waals surface area contributed by atoms with Crippen LogP contribution in [0.1, 0.15) is 16.2 Å². The quantitative estimate of drug-likeness (QED) is 0.789. The monoisotopic (exact) mass is 323 g/mol. The highest BCUT2D eigenvalue weighted by molar-refractivity contribution is 6.02. The fourth-order valence-corrected chi connectivity index (χ4v) is 2.10. The molecule has 24 heavy (non-hydrogen) atoms. The zero-order chi connectivity index (χ0) is 16.9. The summed E-state index contributed by atoms with van der Waals surface area (Å²) in [5.41, 5.74) is 1.26. The molecular weight excluding hydrogens is 309 g/mol. The van der Waals surface area contributed by atoms with Gasteiger partial charge in [0.05, 0.1) is 6.20 Å². The van der Waals surface area contributed by atoms with E-state index in [2.05, 4.69) is 15.3 Å². The van der Waals surface area contributed by atoms with E-state index in [9.17, 15) is 9.18 Å². The molecule has 1 amide bonds. The van der Waals surface area contributed by atoms with Gasteiger partial charge in [-0.05, 0) is 37.3 Å². The second-order valence-corrected chi connectivity index (χ2v) is 5.08. The predicted molar refractivity (Wildman–Crippen MR) is 87.6 cm³/mol. The Morgan fingerprint density at radius 3 is 2.75 bits per heavy atom. The van der Waals surface area contributed by atoms with Crippen molar-refractivity contribution in [2.75, 3.05) is 5.32 Å². The summed E-state index contributed by atoms with van der Waals surface area (Å²) in [5, 5.41) is 2.62. The number of carbonyl (C=O) groups is 1. The number of halogens is 1. The van der Waals surface area contributed by atoms with Crippen LogP contribution in [0.4, 0.5) is 10.1 Å². The van der Waals surface area contributed by atoms with Crippen molar-refractivity contribution in [3.05, 3.63) is 78.1 Å². The van der Waals surface area contributed by atoms with Crippen LogP contribution in [0.2, 0.25) is 0 Å². The van der Waals surface area contributed by atoms with Gasteiger partial charge in [-0.3, -0.25) is 9.78 Å². The molecule has 0 bridgehead atoms. The fraction of sp³-hybridized carbons (Fsp3) is 0.0556. The third-order valence-electron chi connectivity index (χ3n) is 3.12. The molecule has 0 saturated heterocycles. The molecule has 0 atom stereocenters. The molecule has 0 spiro atoms. The molecule has 0 fully saturated rings. The van der Waals surface area contributed by atoms with Crippen molar-refractivity contribution >= 4 is 11.6 Å². The van der Waals surface area contributed by atoms with E-state index < -0.39 is 11.7 Å². The molecular formula is C18H14FN3O2. The van der Waals surface area contributed by atoms with E-state index in [0.717, 1.165) is 5.69 Å². The number of nitrogens with zero attached hydrogens (tertiary/aromatic N) is 2. The van der Waals surface area contributed by atoms with E-state index in [1.165, 1.54) is 24.4 Å². The number of hydrogen-bond donors (Lipinski definition) is 1. The second-order valence-electron chi connectivity index (χ2n) is 5.08. The van der Waals surface area contributed by atoms with Crippen molar-refractivity contribution in [2.24, 2.45) is 0 Å². The third-order valence-corrected chi connectivity index (χ3v) is 3.12. The lowest BCUT2D eigenvalue weighted by Gasteiger charge is -2.09. The number of aromatic nitrogens is 2. The smallest absolute Gasteiger partial charge is 0.274 e. The number of carbonyl (C=O) groups excluding carboxylic acids is 1.